The molecule has 1 atom stereocenters. The van der Waals surface area contributed by atoms with Gasteiger partial charge >= 0.3 is 0 Å². The summed E-state index contributed by atoms with van der Waals surface area (Å²) in [4.78, 5) is 19.4. The highest BCUT2D eigenvalue weighted by Gasteiger charge is 2.52. The van der Waals surface area contributed by atoms with Crippen molar-refractivity contribution >= 4 is 17.4 Å². The third-order valence-electron chi connectivity index (χ3n) is 5.52. The van der Waals surface area contributed by atoms with Crippen LogP contribution in [0.25, 0.3) is 5.70 Å². The van der Waals surface area contributed by atoms with Gasteiger partial charge < -0.3 is 4.57 Å². The van der Waals surface area contributed by atoms with E-state index in [1.54, 1.807) is 9.58 Å². The Hall–Kier alpha value is -2.63. The Balaban J connectivity index is 1.76. The molecule has 4 rings (SSSR count). The molecule has 1 aliphatic heterocycles. The number of anilines is 1. The van der Waals surface area contributed by atoms with Gasteiger partial charge in [-0.25, -0.2) is 4.98 Å². The Morgan fingerprint density at radius 3 is 2.69 bits per heavy atom. The molecule has 1 unspecified atom stereocenters. The fourth-order valence-electron chi connectivity index (χ4n) is 3.83. The number of nitrogens with zero attached hydrogens (tertiary/aromatic N) is 5. The van der Waals surface area contributed by atoms with E-state index in [1.165, 1.54) is 0 Å². The molecule has 0 saturated carbocycles. The highest BCUT2D eigenvalue weighted by molar-refractivity contribution is 6.03. The molecule has 1 fully saturated rings. The molecule has 0 bridgehead atoms. The fraction of sp³-hybridized carbons (Fsp3) is 0.450. The van der Waals surface area contributed by atoms with Gasteiger partial charge in [-0.15, -0.1) is 0 Å². The predicted molar refractivity (Wildman–Crippen MR) is 101 cm³/mol. The SMILES string of the molecule is CC(C)c1cn(C2=CCC3C(=C2)N(c2ccn(C)n2)C(=O)C3(C)C)cn1. The molecule has 0 radical (unpaired) electrons. The summed E-state index contributed by atoms with van der Waals surface area (Å²) in [6, 6.07) is 1.89. The summed E-state index contributed by atoms with van der Waals surface area (Å²) < 4.78 is 3.78. The number of imidazole rings is 1. The molecule has 1 amide bonds. The molecule has 0 spiro atoms. The van der Waals surface area contributed by atoms with Crippen molar-refractivity contribution in [2.75, 3.05) is 4.90 Å². The highest BCUT2D eigenvalue weighted by Crippen LogP contribution is 2.49. The molecule has 2 aromatic heterocycles. The van der Waals surface area contributed by atoms with Gasteiger partial charge in [0.15, 0.2) is 5.82 Å². The molecule has 6 heteroatoms. The number of fused-ring (bicyclic) bond motifs is 1. The standard InChI is InChI=1S/C20H25N5O/c1-13(2)16-11-24(12-21-16)14-6-7-15-17(10-14)25(19(26)20(15,3)4)18-8-9-23(5)22-18/h6,8-13,15H,7H2,1-5H3. The van der Waals surface area contributed by atoms with Crippen LogP contribution in [0.4, 0.5) is 5.82 Å². The van der Waals surface area contributed by atoms with E-state index in [0.29, 0.717) is 11.7 Å². The lowest BCUT2D eigenvalue weighted by molar-refractivity contribution is -0.125. The minimum absolute atomic E-state index is 0.107. The summed E-state index contributed by atoms with van der Waals surface area (Å²) in [6.45, 7) is 8.34. The number of allylic oxidation sites excluding steroid dienone is 4. The summed E-state index contributed by atoms with van der Waals surface area (Å²) in [6.07, 6.45) is 10.9. The maximum Gasteiger partial charge on any atom is 0.238 e. The molecule has 1 saturated heterocycles. The first kappa shape index (κ1) is 16.8. The molecular weight excluding hydrogens is 326 g/mol. The van der Waals surface area contributed by atoms with Crippen LogP contribution >= 0.6 is 0 Å². The third-order valence-corrected chi connectivity index (χ3v) is 5.52. The lowest BCUT2D eigenvalue weighted by Crippen LogP contribution is -2.31. The molecule has 2 aromatic rings. The Bertz CT molecular complexity index is 928. The first-order valence-corrected chi connectivity index (χ1v) is 9.09. The molecule has 0 aromatic carbocycles. The number of hydrogen-bond acceptors (Lipinski definition) is 3. The van der Waals surface area contributed by atoms with Crippen molar-refractivity contribution in [1.82, 2.24) is 19.3 Å². The van der Waals surface area contributed by atoms with Crippen LogP contribution in [0.5, 0.6) is 0 Å². The molecule has 26 heavy (non-hydrogen) atoms. The summed E-state index contributed by atoms with van der Waals surface area (Å²) in [5, 5.41) is 4.47. The Labute approximate surface area is 153 Å². The van der Waals surface area contributed by atoms with Crippen LogP contribution in [0.15, 0.2) is 42.6 Å². The van der Waals surface area contributed by atoms with E-state index < -0.39 is 5.41 Å². The largest absolute Gasteiger partial charge is 0.306 e. The zero-order chi connectivity index (χ0) is 18.6. The second-order valence-electron chi connectivity index (χ2n) is 8.06. The number of carbonyl (C=O) groups is 1. The molecule has 2 aliphatic rings. The second-order valence-corrected chi connectivity index (χ2v) is 8.06. The molecule has 3 heterocycles. The lowest BCUT2D eigenvalue weighted by Gasteiger charge is -2.25. The van der Waals surface area contributed by atoms with Gasteiger partial charge in [0.1, 0.15) is 0 Å². The highest BCUT2D eigenvalue weighted by atomic mass is 16.2. The van der Waals surface area contributed by atoms with E-state index in [4.69, 9.17) is 0 Å². The zero-order valence-corrected chi connectivity index (χ0v) is 16.0. The van der Waals surface area contributed by atoms with Gasteiger partial charge in [0.05, 0.1) is 17.4 Å². The van der Waals surface area contributed by atoms with Crippen molar-refractivity contribution in [3.05, 3.63) is 48.3 Å². The smallest absolute Gasteiger partial charge is 0.238 e. The molecular formula is C20H25N5O. The van der Waals surface area contributed by atoms with Gasteiger partial charge in [-0.1, -0.05) is 33.8 Å². The van der Waals surface area contributed by atoms with Crippen LogP contribution in [0.2, 0.25) is 0 Å². The molecule has 6 nitrogen and oxygen atoms in total. The van der Waals surface area contributed by atoms with E-state index >= 15 is 0 Å². The van der Waals surface area contributed by atoms with Crippen LogP contribution < -0.4 is 4.90 Å². The van der Waals surface area contributed by atoms with Gasteiger partial charge in [0, 0.05) is 42.8 Å². The first-order valence-electron chi connectivity index (χ1n) is 9.09. The number of carbonyl (C=O) groups excluding carboxylic acids is 1. The topological polar surface area (TPSA) is 56.0 Å². The van der Waals surface area contributed by atoms with Crippen molar-refractivity contribution in [1.29, 1.82) is 0 Å². The maximum atomic E-state index is 13.1. The van der Waals surface area contributed by atoms with Crippen LogP contribution in [0, 0.1) is 11.3 Å². The number of aromatic nitrogens is 4. The summed E-state index contributed by atoms with van der Waals surface area (Å²) >= 11 is 0. The van der Waals surface area contributed by atoms with Gasteiger partial charge in [0.2, 0.25) is 5.91 Å². The van der Waals surface area contributed by atoms with Crippen LogP contribution in [0.3, 0.4) is 0 Å². The van der Waals surface area contributed by atoms with E-state index in [-0.39, 0.29) is 11.8 Å². The van der Waals surface area contributed by atoms with E-state index in [9.17, 15) is 4.79 Å². The number of aryl methyl sites for hydroxylation is 1. The minimum Gasteiger partial charge on any atom is -0.306 e. The van der Waals surface area contributed by atoms with Gasteiger partial charge in [-0.3, -0.25) is 14.4 Å². The van der Waals surface area contributed by atoms with Crippen molar-refractivity contribution in [2.45, 2.75) is 40.0 Å². The number of amides is 1. The summed E-state index contributed by atoms with van der Waals surface area (Å²) in [5.41, 5.74) is 2.71. The predicted octanol–water partition coefficient (Wildman–Crippen LogP) is 3.56. The minimum atomic E-state index is -0.441. The van der Waals surface area contributed by atoms with Gasteiger partial charge in [0.25, 0.3) is 0 Å². The molecule has 0 N–H and O–H groups in total. The average molecular weight is 351 g/mol. The normalized spacial score (nSPS) is 21.8. The fourth-order valence-corrected chi connectivity index (χ4v) is 3.83. The Morgan fingerprint density at radius 2 is 2.08 bits per heavy atom. The lowest BCUT2D eigenvalue weighted by atomic mass is 9.76. The van der Waals surface area contributed by atoms with E-state index in [0.717, 1.165) is 23.5 Å². The van der Waals surface area contributed by atoms with Gasteiger partial charge in [-0.05, 0) is 18.4 Å². The summed E-state index contributed by atoms with van der Waals surface area (Å²) in [5.74, 6) is 1.34. The van der Waals surface area contributed by atoms with Crippen LogP contribution in [-0.2, 0) is 11.8 Å². The Kier molecular flexibility index (Phi) is 3.68. The number of rotatable bonds is 3. The second kappa shape index (κ2) is 5.69. The molecule has 1 aliphatic carbocycles. The van der Waals surface area contributed by atoms with E-state index in [1.807, 2.05) is 44.1 Å². The van der Waals surface area contributed by atoms with Crippen molar-refractivity contribution in [3.8, 4) is 0 Å². The zero-order valence-electron chi connectivity index (χ0n) is 16.0. The Morgan fingerprint density at radius 1 is 1.31 bits per heavy atom. The number of hydrogen-bond donors (Lipinski definition) is 0. The quantitative estimate of drug-likeness (QED) is 0.850. The summed E-state index contributed by atoms with van der Waals surface area (Å²) in [7, 11) is 1.87. The van der Waals surface area contributed by atoms with Crippen LogP contribution in [0.1, 0.15) is 45.7 Å². The van der Waals surface area contributed by atoms with E-state index in [2.05, 4.69) is 42.3 Å². The van der Waals surface area contributed by atoms with Gasteiger partial charge in [-0.2, -0.15) is 5.10 Å². The first-order chi connectivity index (χ1) is 12.3. The van der Waals surface area contributed by atoms with Crippen molar-refractivity contribution in [3.63, 3.8) is 0 Å². The molecule has 136 valence electrons. The van der Waals surface area contributed by atoms with Crippen molar-refractivity contribution in [2.24, 2.45) is 18.4 Å². The maximum absolute atomic E-state index is 13.1. The monoisotopic (exact) mass is 351 g/mol. The third kappa shape index (κ3) is 2.43. The van der Waals surface area contributed by atoms with Crippen LogP contribution in [-0.4, -0.2) is 25.2 Å². The van der Waals surface area contributed by atoms with Crippen molar-refractivity contribution < 1.29 is 4.79 Å². The average Bonchev–Trinajstić information content (AvgIpc) is 3.27.